The minimum absolute atomic E-state index is 0.505. The smallest absolute Gasteiger partial charge is 0.133 e. The molecule has 0 aliphatic carbocycles. The number of furan rings is 1. The lowest BCUT2D eigenvalue weighted by Crippen LogP contribution is -2.20. The van der Waals surface area contributed by atoms with Crippen molar-refractivity contribution in [3.63, 3.8) is 0 Å². The SMILES string of the molecule is Cc1ccsc1CNC[C@H](O)c1ccco1. The van der Waals surface area contributed by atoms with Crippen LogP contribution < -0.4 is 5.32 Å². The highest BCUT2D eigenvalue weighted by atomic mass is 32.1. The van der Waals surface area contributed by atoms with Crippen LogP contribution in [0.3, 0.4) is 0 Å². The second kappa shape index (κ2) is 5.30. The van der Waals surface area contributed by atoms with E-state index in [1.807, 2.05) is 0 Å². The molecular weight excluding hydrogens is 222 g/mol. The van der Waals surface area contributed by atoms with E-state index in [2.05, 4.69) is 23.7 Å². The molecule has 0 aliphatic heterocycles. The summed E-state index contributed by atoms with van der Waals surface area (Å²) in [6.07, 6.45) is 0.998. The number of aliphatic hydroxyl groups excluding tert-OH is 1. The molecule has 3 nitrogen and oxygen atoms in total. The molecule has 0 unspecified atom stereocenters. The third-order valence-electron chi connectivity index (χ3n) is 2.46. The van der Waals surface area contributed by atoms with Gasteiger partial charge in [-0.3, -0.25) is 0 Å². The summed E-state index contributed by atoms with van der Waals surface area (Å²) >= 11 is 1.73. The lowest BCUT2D eigenvalue weighted by atomic mass is 10.2. The highest BCUT2D eigenvalue weighted by molar-refractivity contribution is 7.10. The molecule has 0 aliphatic rings. The molecule has 1 atom stereocenters. The van der Waals surface area contributed by atoms with Crippen LogP contribution in [0.15, 0.2) is 34.3 Å². The zero-order chi connectivity index (χ0) is 11.4. The fraction of sp³-hybridized carbons (Fsp3) is 0.333. The Balaban J connectivity index is 1.78. The molecular formula is C12H15NO2S. The standard InChI is InChI=1S/C12H15NO2S/c1-9-4-6-16-12(9)8-13-7-10(14)11-3-2-5-15-11/h2-6,10,13-14H,7-8H2,1H3/t10-/m0/s1. The molecule has 0 radical (unpaired) electrons. The summed E-state index contributed by atoms with van der Waals surface area (Å²) in [5.41, 5.74) is 1.30. The van der Waals surface area contributed by atoms with E-state index in [0.717, 1.165) is 6.54 Å². The van der Waals surface area contributed by atoms with Gasteiger partial charge in [-0.25, -0.2) is 0 Å². The van der Waals surface area contributed by atoms with Gasteiger partial charge in [0, 0.05) is 18.0 Å². The zero-order valence-corrected chi connectivity index (χ0v) is 9.96. The van der Waals surface area contributed by atoms with Crippen molar-refractivity contribution in [3.8, 4) is 0 Å². The Hall–Kier alpha value is -1.10. The Bertz CT molecular complexity index is 422. The average molecular weight is 237 g/mol. The predicted molar refractivity (Wildman–Crippen MR) is 64.4 cm³/mol. The molecule has 0 fully saturated rings. The number of hydrogen-bond donors (Lipinski definition) is 2. The van der Waals surface area contributed by atoms with E-state index in [1.165, 1.54) is 10.4 Å². The monoisotopic (exact) mass is 237 g/mol. The highest BCUT2D eigenvalue weighted by Crippen LogP contribution is 2.16. The summed E-state index contributed by atoms with van der Waals surface area (Å²) in [5, 5.41) is 15.1. The molecule has 2 N–H and O–H groups in total. The zero-order valence-electron chi connectivity index (χ0n) is 9.14. The number of thiophene rings is 1. The van der Waals surface area contributed by atoms with Crippen molar-refractivity contribution in [2.45, 2.75) is 19.6 Å². The first kappa shape index (κ1) is 11.4. The summed E-state index contributed by atoms with van der Waals surface area (Å²) in [6.45, 7) is 3.39. The molecule has 2 aromatic heterocycles. The molecule has 16 heavy (non-hydrogen) atoms. The molecule has 2 aromatic rings. The largest absolute Gasteiger partial charge is 0.467 e. The van der Waals surface area contributed by atoms with E-state index in [9.17, 15) is 5.11 Å². The normalized spacial score (nSPS) is 12.9. The van der Waals surface area contributed by atoms with Crippen LogP contribution in [0.25, 0.3) is 0 Å². The van der Waals surface area contributed by atoms with Gasteiger partial charge in [0.1, 0.15) is 11.9 Å². The second-order valence-corrected chi connectivity index (χ2v) is 4.69. The molecule has 2 rings (SSSR count). The first-order valence-corrected chi connectivity index (χ1v) is 6.10. The number of rotatable bonds is 5. The lowest BCUT2D eigenvalue weighted by molar-refractivity contribution is 0.147. The van der Waals surface area contributed by atoms with E-state index in [1.54, 1.807) is 29.7 Å². The minimum atomic E-state index is -0.574. The van der Waals surface area contributed by atoms with Crippen molar-refractivity contribution in [2.24, 2.45) is 0 Å². The molecule has 86 valence electrons. The van der Waals surface area contributed by atoms with Crippen LogP contribution in [0.1, 0.15) is 22.3 Å². The van der Waals surface area contributed by atoms with Crippen LogP contribution in [0.5, 0.6) is 0 Å². The molecule has 0 saturated heterocycles. The van der Waals surface area contributed by atoms with E-state index in [0.29, 0.717) is 12.3 Å². The topological polar surface area (TPSA) is 45.4 Å². The first-order valence-electron chi connectivity index (χ1n) is 5.22. The molecule has 2 heterocycles. The average Bonchev–Trinajstić information content (AvgIpc) is 2.90. The number of aryl methyl sites for hydroxylation is 1. The van der Waals surface area contributed by atoms with Crippen LogP contribution in [0, 0.1) is 6.92 Å². The fourth-order valence-electron chi connectivity index (χ4n) is 1.49. The van der Waals surface area contributed by atoms with Gasteiger partial charge in [0.2, 0.25) is 0 Å². The van der Waals surface area contributed by atoms with E-state index >= 15 is 0 Å². The van der Waals surface area contributed by atoms with Gasteiger partial charge < -0.3 is 14.8 Å². The van der Waals surface area contributed by atoms with E-state index in [4.69, 9.17) is 4.42 Å². The van der Waals surface area contributed by atoms with Crippen molar-refractivity contribution >= 4 is 11.3 Å². The van der Waals surface area contributed by atoms with Gasteiger partial charge in [0.05, 0.1) is 6.26 Å². The molecule has 0 spiro atoms. The van der Waals surface area contributed by atoms with Gasteiger partial charge in [-0.1, -0.05) is 0 Å². The summed E-state index contributed by atoms with van der Waals surface area (Å²) in [5.74, 6) is 0.607. The molecule has 0 aromatic carbocycles. The predicted octanol–water partition coefficient (Wildman–Crippen LogP) is 2.47. The molecule has 4 heteroatoms. The second-order valence-electron chi connectivity index (χ2n) is 3.69. The summed E-state index contributed by atoms with van der Waals surface area (Å²) < 4.78 is 5.12. The van der Waals surface area contributed by atoms with E-state index < -0.39 is 6.10 Å². The molecule has 0 bridgehead atoms. The van der Waals surface area contributed by atoms with E-state index in [-0.39, 0.29) is 0 Å². The van der Waals surface area contributed by atoms with Crippen LogP contribution in [0.4, 0.5) is 0 Å². The quantitative estimate of drug-likeness (QED) is 0.839. The van der Waals surface area contributed by atoms with Gasteiger partial charge in [0.25, 0.3) is 0 Å². The number of aliphatic hydroxyl groups is 1. The Morgan fingerprint density at radius 2 is 2.38 bits per heavy atom. The van der Waals surface area contributed by atoms with Gasteiger partial charge >= 0.3 is 0 Å². The summed E-state index contributed by atoms with van der Waals surface area (Å²) in [6, 6.07) is 5.66. The van der Waals surface area contributed by atoms with Gasteiger partial charge in [-0.2, -0.15) is 0 Å². The minimum Gasteiger partial charge on any atom is -0.467 e. The third-order valence-corrected chi connectivity index (χ3v) is 3.49. The number of hydrogen-bond acceptors (Lipinski definition) is 4. The Morgan fingerprint density at radius 1 is 1.50 bits per heavy atom. The first-order chi connectivity index (χ1) is 7.77. The maximum Gasteiger partial charge on any atom is 0.133 e. The van der Waals surface area contributed by atoms with Crippen molar-refractivity contribution in [2.75, 3.05) is 6.54 Å². The van der Waals surface area contributed by atoms with Crippen LogP contribution >= 0.6 is 11.3 Å². The van der Waals surface area contributed by atoms with Crippen molar-refractivity contribution in [1.29, 1.82) is 0 Å². The molecule has 0 amide bonds. The van der Waals surface area contributed by atoms with Crippen molar-refractivity contribution < 1.29 is 9.52 Å². The van der Waals surface area contributed by atoms with Gasteiger partial charge in [0.15, 0.2) is 0 Å². The maximum atomic E-state index is 9.75. The third kappa shape index (κ3) is 2.72. The Labute approximate surface area is 98.7 Å². The van der Waals surface area contributed by atoms with Gasteiger partial charge in [-0.05, 0) is 36.1 Å². The van der Waals surface area contributed by atoms with Crippen LogP contribution in [-0.4, -0.2) is 11.7 Å². The van der Waals surface area contributed by atoms with Crippen molar-refractivity contribution in [3.05, 3.63) is 46.0 Å². The van der Waals surface area contributed by atoms with Crippen LogP contribution in [0.2, 0.25) is 0 Å². The van der Waals surface area contributed by atoms with Gasteiger partial charge in [-0.15, -0.1) is 11.3 Å². The number of nitrogens with one attached hydrogen (secondary N) is 1. The molecule has 0 saturated carbocycles. The van der Waals surface area contributed by atoms with Crippen LogP contribution in [-0.2, 0) is 6.54 Å². The maximum absolute atomic E-state index is 9.75. The van der Waals surface area contributed by atoms with Crippen molar-refractivity contribution in [1.82, 2.24) is 5.32 Å². The lowest BCUT2D eigenvalue weighted by Gasteiger charge is -2.08. The summed E-state index contributed by atoms with van der Waals surface area (Å²) in [7, 11) is 0. The summed E-state index contributed by atoms with van der Waals surface area (Å²) in [4.78, 5) is 1.31. The highest BCUT2D eigenvalue weighted by Gasteiger charge is 2.09. The Kier molecular flexibility index (Phi) is 3.77. The fourth-order valence-corrected chi connectivity index (χ4v) is 2.36. The Morgan fingerprint density at radius 3 is 3.00 bits per heavy atom.